The topological polar surface area (TPSA) is 51.3 Å². The number of nitrogens with two attached hydrogens (primary N) is 1. The molecule has 0 fully saturated rings. The third-order valence-electron chi connectivity index (χ3n) is 1.63. The minimum absolute atomic E-state index is 0.677. The first kappa shape index (κ1) is 9.19. The van der Waals surface area contributed by atoms with Gasteiger partial charge in [0.15, 0.2) is 0 Å². The summed E-state index contributed by atoms with van der Waals surface area (Å²) in [4.78, 5) is 9.54. The Morgan fingerprint density at radius 2 is 2.50 bits per heavy atom. The summed E-state index contributed by atoms with van der Waals surface area (Å²) in [5.74, 6) is 0.711. The molecule has 1 aromatic heterocycles. The molecule has 0 radical (unpaired) electrons. The van der Waals surface area contributed by atoms with Crippen molar-refractivity contribution in [3.63, 3.8) is 0 Å². The predicted molar refractivity (Wildman–Crippen MR) is 52.5 cm³/mol. The summed E-state index contributed by atoms with van der Waals surface area (Å²) >= 11 is 1.63. The summed E-state index contributed by atoms with van der Waals surface area (Å²) in [5.41, 5.74) is 8.47. The van der Waals surface area contributed by atoms with Crippen LogP contribution in [0.3, 0.4) is 0 Å². The molecule has 0 bridgehead atoms. The number of aromatic nitrogens is 1. The van der Waals surface area contributed by atoms with Crippen molar-refractivity contribution < 1.29 is 0 Å². The summed E-state index contributed by atoms with van der Waals surface area (Å²) in [7, 11) is 0. The van der Waals surface area contributed by atoms with Gasteiger partial charge >= 0.3 is 0 Å². The number of rotatable bonds is 3. The fourth-order valence-electron chi connectivity index (χ4n) is 0.763. The molecule has 0 saturated heterocycles. The monoisotopic (exact) mass is 183 g/mol. The van der Waals surface area contributed by atoms with Gasteiger partial charge in [-0.2, -0.15) is 0 Å². The van der Waals surface area contributed by atoms with E-state index in [0.717, 1.165) is 12.1 Å². The average molecular weight is 183 g/mol. The smallest absolute Gasteiger partial charge is 0.0938 e. The average Bonchev–Trinajstić information content (AvgIpc) is 2.47. The third kappa shape index (κ3) is 2.30. The van der Waals surface area contributed by atoms with Gasteiger partial charge in [-0.1, -0.05) is 6.92 Å². The van der Waals surface area contributed by atoms with E-state index in [2.05, 4.69) is 9.98 Å². The molecule has 0 aliphatic rings. The number of hydrogen-bond donors (Lipinski definition) is 1. The number of thiazole rings is 1. The largest absolute Gasteiger partial charge is 0.387 e. The first-order chi connectivity index (χ1) is 5.74. The predicted octanol–water partition coefficient (Wildman–Crippen LogP) is 1.72. The highest BCUT2D eigenvalue weighted by molar-refractivity contribution is 7.09. The Morgan fingerprint density at radius 3 is 3.00 bits per heavy atom. The van der Waals surface area contributed by atoms with Crippen LogP contribution in [-0.2, 0) is 6.54 Å². The number of aryl methyl sites for hydroxylation is 1. The van der Waals surface area contributed by atoms with Gasteiger partial charge in [0.25, 0.3) is 0 Å². The normalized spacial score (nSPS) is 12.0. The van der Waals surface area contributed by atoms with Gasteiger partial charge in [0, 0.05) is 11.3 Å². The molecule has 0 amide bonds. The standard InChI is InChI=1S/C8H13N3S/c1-3-8(9)10-4-7-6(2)11-5-12-7/h5H,3-4H2,1-2H3,(H2,9,10). The Bertz CT molecular complexity index is 278. The van der Waals surface area contributed by atoms with Crippen molar-refractivity contribution in [1.29, 1.82) is 0 Å². The maximum Gasteiger partial charge on any atom is 0.0938 e. The summed E-state index contributed by atoms with van der Waals surface area (Å²) in [6.07, 6.45) is 0.817. The van der Waals surface area contributed by atoms with Crippen LogP contribution in [0, 0.1) is 6.92 Å². The third-order valence-corrected chi connectivity index (χ3v) is 2.55. The fraction of sp³-hybridized carbons (Fsp3) is 0.500. The summed E-state index contributed by atoms with van der Waals surface area (Å²) in [5, 5.41) is 0. The van der Waals surface area contributed by atoms with Crippen molar-refractivity contribution in [2.45, 2.75) is 26.8 Å². The summed E-state index contributed by atoms with van der Waals surface area (Å²) in [6.45, 7) is 4.66. The first-order valence-electron chi connectivity index (χ1n) is 3.91. The zero-order valence-corrected chi connectivity index (χ0v) is 8.19. The molecule has 66 valence electrons. The summed E-state index contributed by atoms with van der Waals surface area (Å²) < 4.78 is 0. The minimum atomic E-state index is 0.677. The molecule has 1 heterocycles. The van der Waals surface area contributed by atoms with Gasteiger partial charge in [-0.15, -0.1) is 11.3 Å². The Balaban J connectivity index is 2.59. The number of nitrogens with zero attached hydrogens (tertiary/aromatic N) is 2. The number of aliphatic imine (C=N–C) groups is 1. The van der Waals surface area contributed by atoms with Gasteiger partial charge in [0.2, 0.25) is 0 Å². The zero-order chi connectivity index (χ0) is 8.97. The van der Waals surface area contributed by atoms with E-state index in [1.165, 1.54) is 4.88 Å². The lowest BCUT2D eigenvalue weighted by Crippen LogP contribution is -2.09. The van der Waals surface area contributed by atoms with Crippen LogP contribution < -0.4 is 5.73 Å². The molecule has 0 spiro atoms. The molecular formula is C8H13N3S. The zero-order valence-electron chi connectivity index (χ0n) is 7.37. The van der Waals surface area contributed by atoms with E-state index < -0.39 is 0 Å². The van der Waals surface area contributed by atoms with Crippen molar-refractivity contribution in [2.24, 2.45) is 10.7 Å². The molecule has 0 saturated carbocycles. The fourth-order valence-corrected chi connectivity index (χ4v) is 1.46. The summed E-state index contributed by atoms with van der Waals surface area (Å²) in [6, 6.07) is 0. The highest BCUT2D eigenvalue weighted by atomic mass is 32.1. The van der Waals surface area contributed by atoms with Crippen LogP contribution in [0.25, 0.3) is 0 Å². The molecule has 0 atom stereocenters. The molecule has 0 aliphatic carbocycles. The van der Waals surface area contributed by atoms with E-state index in [1.54, 1.807) is 11.3 Å². The van der Waals surface area contributed by atoms with Crippen molar-refractivity contribution >= 4 is 17.2 Å². The first-order valence-corrected chi connectivity index (χ1v) is 4.79. The SMILES string of the molecule is CCC(N)=NCc1scnc1C. The van der Waals surface area contributed by atoms with Gasteiger partial charge in [-0.3, -0.25) is 4.99 Å². The van der Waals surface area contributed by atoms with E-state index >= 15 is 0 Å². The molecule has 4 heteroatoms. The van der Waals surface area contributed by atoms with Crippen LogP contribution in [0.1, 0.15) is 23.9 Å². The molecule has 0 aliphatic heterocycles. The van der Waals surface area contributed by atoms with E-state index in [-0.39, 0.29) is 0 Å². The second kappa shape index (κ2) is 4.21. The van der Waals surface area contributed by atoms with Crippen molar-refractivity contribution in [3.05, 3.63) is 16.1 Å². The van der Waals surface area contributed by atoms with Gasteiger partial charge in [-0.25, -0.2) is 4.98 Å². The van der Waals surface area contributed by atoms with Crippen LogP contribution >= 0.6 is 11.3 Å². The lowest BCUT2D eigenvalue weighted by molar-refractivity contribution is 1.03. The van der Waals surface area contributed by atoms with Crippen molar-refractivity contribution in [1.82, 2.24) is 4.98 Å². The highest BCUT2D eigenvalue weighted by Crippen LogP contribution is 2.12. The van der Waals surface area contributed by atoms with E-state index in [9.17, 15) is 0 Å². The lowest BCUT2D eigenvalue weighted by atomic mass is 10.4. The van der Waals surface area contributed by atoms with Crippen LogP contribution in [0.2, 0.25) is 0 Å². The van der Waals surface area contributed by atoms with E-state index in [0.29, 0.717) is 12.4 Å². The number of amidine groups is 1. The van der Waals surface area contributed by atoms with Crippen LogP contribution in [0.5, 0.6) is 0 Å². The molecule has 3 nitrogen and oxygen atoms in total. The minimum Gasteiger partial charge on any atom is -0.387 e. The second-order valence-corrected chi connectivity index (χ2v) is 3.46. The number of hydrogen-bond acceptors (Lipinski definition) is 3. The van der Waals surface area contributed by atoms with Crippen LogP contribution in [0.4, 0.5) is 0 Å². The van der Waals surface area contributed by atoms with Gasteiger partial charge < -0.3 is 5.73 Å². The molecule has 1 rings (SSSR count). The molecule has 0 unspecified atom stereocenters. The molecule has 1 aromatic rings. The van der Waals surface area contributed by atoms with Crippen LogP contribution in [0.15, 0.2) is 10.5 Å². The van der Waals surface area contributed by atoms with Gasteiger partial charge in [0.1, 0.15) is 0 Å². The second-order valence-electron chi connectivity index (χ2n) is 2.52. The Hall–Kier alpha value is -0.900. The molecule has 12 heavy (non-hydrogen) atoms. The highest BCUT2D eigenvalue weighted by Gasteiger charge is 1.98. The molecular weight excluding hydrogens is 170 g/mol. The molecule has 0 aromatic carbocycles. The van der Waals surface area contributed by atoms with E-state index in [1.807, 2.05) is 19.4 Å². The van der Waals surface area contributed by atoms with Crippen molar-refractivity contribution in [3.8, 4) is 0 Å². The Morgan fingerprint density at radius 1 is 1.75 bits per heavy atom. The Kier molecular flexibility index (Phi) is 3.22. The maximum atomic E-state index is 5.57. The van der Waals surface area contributed by atoms with E-state index in [4.69, 9.17) is 5.73 Å². The Labute approximate surface area is 76.4 Å². The maximum absolute atomic E-state index is 5.57. The lowest BCUT2D eigenvalue weighted by Gasteiger charge is -1.95. The van der Waals surface area contributed by atoms with Gasteiger partial charge in [0.05, 0.1) is 23.6 Å². The van der Waals surface area contributed by atoms with Crippen molar-refractivity contribution in [2.75, 3.05) is 0 Å². The molecule has 2 N–H and O–H groups in total. The van der Waals surface area contributed by atoms with Gasteiger partial charge in [-0.05, 0) is 6.92 Å². The quantitative estimate of drug-likeness (QED) is 0.573. The van der Waals surface area contributed by atoms with Crippen LogP contribution in [-0.4, -0.2) is 10.8 Å².